The summed E-state index contributed by atoms with van der Waals surface area (Å²) in [5, 5.41) is 0. The molecule has 1 N–H and O–H groups in total. The third-order valence-corrected chi connectivity index (χ3v) is 6.86. The minimum atomic E-state index is -3.96. The van der Waals surface area contributed by atoms with Crippen LogP contribution in [0.2, 0.25) is 0 Å². The Bertz CT molecular complexity index is 1340. The van der Waals surface area contributed by atoms with Crippen molar-refractivity contribution < 1.29 is 32.2 Å². The first-order chi connectivity index (χ1) is 16.2. The summed E-state index contributed by atoms with van der Waals surface area (Å²) in [6.07, 6.45) is -1.02. The van der Waals surface area contributed by atoms with Crippen molar-refractivity contribution in [3.05, 3.63) is 82.3 Å². The predicted molar refractivity (Wildman–Crippen MR) is 128 cm³/mol. The van der Waals surface area contributed by atoms with Gasteiger partial charge in [0.2, 0.25) is 5.78 Å². The highest BCUT2D eigenvalue weighted by atomic mass is 79.9. The fourth-order valence-corrected chi connectivity index (χ4v) is 4.57. The molecule has 0 spiro atoms. The molecule has 1 unspecified atom stereocenters. The number of halogens is 1. The summed E-state index contributed by atoms with van der Waals surface area (Å²) in [6.45, 7) is 2.21. The fourth-order valence-electron chi connectivity index (χ4n) is 3.25. The maximum absolute atomic E-state index is 12.8. The number of carbonyl (C=O) groups is 2. The van der Waals surface area contributed by atoms with Crippen LogP contribution in [0.1, 0.15) is 27.6 Å². The average Bonchev–Trinajstić information content (AvgIpc) is 2.83. The Balaban J connectivity index is 1.46. The van der Waals surface area contributed by atoms with Crippen molar-refractivity contribution in [2.75, 3.05) is 17.9 Å². The topological polar surface area (TPSA) is 108 Å². The second-order valence-electron chi connectivity index (χ2n) is 7.41. The molecule has 0 fully saturated rings. The molecule has 8 nitrogen and oxygen atoms in total. The molecular weight excluding hydrogens is 526 g/mol. The van der Waals surface area contributed by atoms with E-state index in [0.29, 0.717) is 30.3 Å². The molecule has 3 aromatic carbocycles. The Morgan fingerprint density at radius 2 is 1.65 bits per heavy atom. The third-order valence-electron chi connectivity index (χ3n) is 4.96. The van der Waals surface area contributed by atoms with Crippen LogP contribution in [0.25, 0.3) is 0 Å². The van der Waals surface area contributed by atoms with Crippen LogP contribution < -0.4 is 14.2 Å². The minimum absolute atomic E-state index is 0.0153. The molecule has 0 amide bonds. The van der Waals surface area contributed by atoms with Gasteiger partial charge in [0.25, 0.3) is 10.0 Å². The first-order valence-corrected chi connectivity index (χ1v) is 12.5. The summed E-state index contributed by atoms with van der Waals surface area (Å²) in [5.41, 5.74) is 0.665. The van der Waals surface area contributed by atoms with Crippen LogP contribution >= 0.6 is 15.9 Å². The van der Waals surface area contributed by atoms with Gasteiger partial charge in [0, 0.05) is 21.8 Å². The molecule has 0 aromatic heterocycles. The van der Waals surface area contributed by atoms with E-state index in [2.05, 4.69) is 20.7 Å². The van der Waals surface area contributed by atoms with Crippen molar-refractivity contribution in [1.82, 2.24) is 0 Å². The number of rotatable bonds is 7. The first kappa shape index (κ1) is 23.8. The van der Waals surface area contributed by atoms with Crippen LogP contribution in [0.5, 0.6) is 11.5 Å². The summed E-state index contributed by atoms with van der Waals surface area (Å²) in [5.74, 6) is -0.285. The largest absolute Gasteiger partial charge is 0.486 e. The predicted octanol–water partition coefficient (Wildman–Crippen LogP) is 4.45. The summed E-state index contributed by atoms with van der Waals surface area (Å²) < 4.78 is 45.1. The number of nitrogens with one attached hydrogen (secondary N) is 1. The summed E-state index contributed by atoms with van der Waals surface area (Å²) in [4.78, 5) is 25.1. The molecule has 0 saturated heterocycles. The highest BCUT2D eigenvalue weighted by molar-refractivity contribution is 9.10. The molecule has 10 heteroatoms. The Labute approximate surface area is 205 Å². The van der Waals surface area contributed by atoms with E-state index >= 15 is 0 Å². The van der Waals surface area contributed by atoms with Gasteiger partial charge >= 0.3 is 5.97 Å². The SMILES string of the molecule is CC(OC(=O)c1cccc(NS(=O)(=O)c2ccc3c(c2)OCCO3)c1)C(=O)c1ccc(Br)cc1. The van der Waals surface area contributed by atoms with E-state index in [9.17, 15) is 18.0 Å². The van der Waals surface area contributed by atoms with Crippen LogP contribution in [0.15, 0.2) is 76.1 Å². The van der Waals surface area contributed by atoms with Gasteiger partial charge in [0.15, 0.2) is 17.6 Å². The zero-order valence-electron chi connectivity index (χ0n) is 18.0. The number of benzene rings is 3. The molecule has 3 aromatic rings. The summed E-state index contributed by atoms with van der Waals surface area (Å²) in [7, 11) is -3.96. The maximum atomic E-state index is 12.8. The number of ether oxygens (including phenoxy) is 3. The average molecular weight is 546 g/mol. The second-order valence-corrected chi connectivity index (χ2v) is 10.0. The quantitative estimate of drug-likeness (QED) is 0.345. The summed E-state index contributed by atoms with van der Waals surface area (Å²) in [6, 6.07) is 16.8. The van der Waals surface area contributed by atoms with E-state index in [1.54, 1.807) is 24.3 Å². The van der Waals surface area contributed by atoms with Crippen LogP contribution in [-0.4, -0.2) is 39.5 Å². The van der Waals surface area contributed by atoms with E-state index < -0.39 is 22.1 Å². The van der Waals surface area contributed by atoms with Crippen molar-refractivity contribution in [2.45, 2.75) is 17.9 Å². The van der Waals surface area contributed by atoms with Crippen LogP contribution in [0.4, 0.5) is 5.69 Å². The zero-order chi connectivity index (χ0) is 24.3. The zero-order valence-corrected chi connectivity index (χ0v) is 20.4. The third kappa shape index (κ3) is 5.40. The lowest BCUT2D eigenvalue weighted by Gasteiger charge is -2.19. The Kier molecular flexibility index (Phi) is 6.90. The van der Waals surface area contributed by atoms with Crippen molar-refractivity contribution in [1.29, 1.82) is 0 Å². The molecule has 1 aliphatic heterocycles. The highest BCUT2D eigenvalue weighted by Gasteiger charge is 2.22. The Hall–Kier alpha value is -3.37. The van der Waals surface area contributed by atoms with Crippen molar-refractivity contribution >= 4 is 43.4 Å². The first-order valence-electron chi connectivity index (χ1n) is 10.3. The molecule has 0 radical (unpaired) electrons. The van der Waals surface area contributed by atoms with Crippen molar-refractivity contribution in [3.63, 3.8) is 0 Å². The van der Waals surface area contributed by atoms with Crippen molar-refractivity contribution in [2.24, 2.45) is 0 Å². The van der Waals surface area contributed by atoms with Crippen LogP contribution in [0.3, 0.4) is 0 Å². The smallest absolute Gasteiger partial charge is 0.338 e. The van der Waals surface area contributed by atoms with E-state index in [1.807, 2.05) is 0 Å². The van der Waals surface area contributed by atoms with Crippen LogP contribution in [-0.2, 0) is 14.8 Å². The number of carbonyl (C=O) groups excluding carboxylic acids is 2. The molecule has 176 valence electrons. The normalized spacial score (nSPS) is 13.6. The van der Waals surface area contributed by atoms with E-state index in [-0.39, 0.29) is 21.9 Å². The molecule has 1 aliphatic rings. The van der Waals surface area contributed by atoms with Gasteiger partial charge in [-0.25, -0.2) is 13.2 Å². The van der Waals surface area contributed by atoms with Gasteiger partial charge in [0.1, 0.15) is 13.2 Å². The van der Waals surface area contributed by atoms with Gasteiger partial charge in [-0.2, -0.15) is 0 Å². The van der Waals surface area contributed by atoms with Gasteiger partial charge in [-0.1, -0.05) is 34.1 Å². The van der Waals surface area contributed by atoms with E-state index in [4.69, 9.17) is 14.2 Å². The monoisotopic (exact) mass is 545 g/mol. The minimum Gasteiger partial charge on any atom is -0.486 e. The maximum Gasteiger partial charge on any atom is 0.338 e. The molecule has 34 heavy (non-hydrogen) atoms. The van der Waals surface area contributed by atoms with Crippen molar-refractivity contribution in [3.8, 4) is 11.5 Å². The molecule has 1 heterocycles. The summed E-state index contributed by atoms with van der Waals surface area (Å²) >= 11 is 3.30. The molecule has 0 saturated carbocycles. The van der Waals surface area contributed by atoms with Gasteiger partial charge in [-0.05, 0) is 49.4 Å². The molecule has 4 rings (SSSR count). The number of Topliss-reactive ketones (excluding diaryl/α,β-unsaturated/α-hetero) is 1. The lowest BCUT2D eigenvalue weighted by Crippen LogP contribution is -2.24. The molecule has 1 atom stereocenters. The second kappa shape index (κ2) is 9.86. The number of fused-ring (bicyclic) bond motifs is 1. The lowest BCUT2D eigenvalue weighted by atomic mass is 10.1. The highest BCUT2D eigenvalue weighted by Crippen LogP contribution is 2.32. The van der Waals surface area contributed by atoms with E-state index in [1.165, 1.54) is 49.4 Å². The number of esters is 1. The standard InChI is InChI=1S/C24H20BrNO7S/c1-15(23(27)16-5-7-18(25)8-6-16)33-24(28)17-3-2-4-19(13-17)26-34(29,30)20-9-10-21-22(14-20)32-12-11-31-21/h2-10,13-15,26H,11-12H2,1H3. The van der Waals surface area contributed by atoms with Crippen LogP contribution in [0, 0.1) is 0 Å². The fraction of sp³-hybridized carbons (Fsp3) is 0.167. The molecular formula is C24H20BrNO7S. The number of sulfonamides is 1. The number of ketones is 1. The Morgan fingerprint density at radius 1 is 0.941 bits per heavy atom. The van der Waals surface area contributed by atoms with E-state index in [0.717, 1.165) is 4.47 Å². The van der Waals surface area contributed by atoms with Gasteiger partial charge in [-0.15, -0.1) is 0 Å². The molecule has 0 bridgehead atoms. The van der Waals surface area contributed by atoms with Gasteiger partial charge in [-0.3, -0.25) is 9.52 Å². The van der Waals surface area contributed by atoms with Gasteiger partial charge in [0.05, 0.1) is 10.5 Å². The number of hydrogen-bond donors (Lipinski definition) is 1. The number of anilines is 1. The lowest BCUT2D eigenvalue weighted by molar-refractivity contribution is 0.0319. The van der Waals surface area contributed by atoms with Gasteiger partial charge < -0.3 is 14.2 Å². The number of hydrogen-bond acceptors (Lipinski definition) is 7. The Morgan fingerprint density at radius 3 is 2.38 bits per heavy atom. The molecule has 0 aliphatic carbocycles.